The molecule has 0 radical (unpaired) electrons. The molecular weight excluding hydrogens is 280 g/mol. The third kappa shape index (κ3) is 3.28. The smallest absolute Gasteiger partial charge is 0.222 e. The van der Waals surface area contributed by atoms with E-state index in [2.05, 4.69) is 21.9 Å². The lowest BCUT2D eigenvalue weighted by atomic mass is 10.2. The van der Waals surface area contributed by atoms with Crippen LogP contribution in [-0.2, 0) is 18.3 Å². The van der Waals surface area contributed by atoms with Crippen LogP contribution >= 0.6 is 0 Å². The van der Waals surface area contributed by atoms with Crippen LogP contribution in [0.1, 0.15) is 18.2 Å². The average molecular weight is 302 g/mol. The Kier molecular flexibility index (Phi) is 4.40. The van der Waals surface area contributed by atoms with Gasteiger partial charge < -0.3 is 9.47 Å². The van der Waals surface area contributed by atoms with Crippen LogP contribution in [0.5, 0.6) is 11.6 Å². The Balaban J connectivity index is 1.81. The van der Waals surface area contributed by atoms with Crippen LogP contribution in [0.15, 0.2) is 24.5 Å². The summed E-state index contributed by atoms with van der Waals surface area (Å²) >= 11 is 0. The number of nitrogens with zero attached hydrogens (tertiary/aromatic N) is 4. The first-order valence-corrected chi connectivity index (χ1v) is 7.58. The first kappa shape index (κ1) is 15.0. The van der Waals surface area contributed by atoms with Crippen LogP contribution < -0.4 is 4.74 Å². The molecule has 2 aromatic rings. The Morgan fingerprint density at radius 3 is 3.05 bits per heavy atom. The predicted molar refractivity (Wildman–Crippen MR) is 82.9 cm³/mol. The molecule has 0 bridgehead atoms. The largest absolute Gasteiger partial charge is 0.437 e. The lowest BCUT2D eigenvalue weighted by molar-refractivity contribution is -0.0214. The number of aryl methyl sites for hydroxylation is 2. The van der Waals surface area contributed by atoms with E-state index in [1.165, 1.54) is 0 Å². The average Bonchev–Trinajstić information content (AvgIpc) is 2.75. The molecule has 1 saturated heterocycles. The maximum atomic E-state index is 6.01. The maximum Gasteiger partial charge on any atom is 0.222 e. The van der Waals surface area contributed by atoms with E-state index < -0.39 is 0 Å². The molecule has 0 saturated carbocycles. The summed E-state index contributed by atoms with van der Waals surface area (Å²) < 4.78 is 13.4. The SMILES string of the molecule is Cc1nn(C)c(Oc2cccnc2)c1CN1CCO[C@@H](C)C1. The second-order valence-corrected chi connectivity index (χ2v) is 5.70. The number of pyridine rings is 1. The summed E-state index contributed by atoms with van der Waals surface area (Å²) in [4.78, 5) is 6.47. The molecule has 118 valence electrons. The topological polar surface area (TPSA) is 52.4 Å². The van der Waals surface area contributed by atoms with Gasteiger partial charge in [-0.25, -0.2) is 4.68 Å². The van der Waals surface area contributed by atoms with E-state index in [-0.39, 0.29) is 6.10 Å². The molecule has 1 atom stereocenters. The lowest BCUT2D eigenvalue weighted by Crippen LogP contribution is -2.40. The summed E-state index contributed by atoms with van der Waals surface area (Å²) in [6.07, 6.45) is 3.72. The van der Waals surface area contributed by atoms with Crippen LogP contribution in [0.4, 0.5) is 0 Å². The summed E-state index contributed by atoms with van der Waals surface area (Å²) in [5, 5.41) is 4.51. The third-order valence-corrected chi connectivity index (χ3v) is 3.84. The Labute approximate surface area is 130 Å². The summed E-state index contributed by atoms with van der Waals surface area (Å²) in [5.74, 6) is 1.51. The van der Waals surface area contributed by atoms with E-state index >= 15 is 0 Å². The van der Waals surface area contributed by atoms with Crippen molar-refractivity contribution in [1.29, 1.82) is 0 Å². The number of aromatic nitrogens is 3. The van der Waals surface area contributed by atoms with Crippen molar-refractivity contribution in [2.45, 2.75) is 26.5 Å². The maximum absolute atomic E-state index is 6.01. The fraction of sp³-hybridized carbons (Fsp3) is 0.500. The number of ether oxygens (including phenoxy) is 2. The van der Waals surface area contributed by atoms with Gasteiger partial charge in [0.25, 0.3) is 0 Å². The highest BCUT2D eigenvalue weighted by Crippen LogP contribution is 2.28. The van der Waals surface area contributed by atoms with Gasteiger partial charge in [0.15, 0.2) is 0 Å². The van der Waals surface area contributed by atoms with Crippen LogP contribution in [0, 0.1) is 6.92 Å². The molecule has 0 amide bonds. The van der Waals surface area contributed by atoms with Gasteiger partial charge in [0, 0.05) is 32.9 Å². The van der Waals surface area contributed by atoms with Crippen molar-refractivity contribution in [1.82, 2.24) is 19.7 Å². The molecule has 3 heterocycles. The summed E-state index contributed by atoms with van der Waals surface area (Å²) in [5.41, 5.74) is 2.13. The molecule has 0 spiro atoms. The molecule has 0 unspecified atom stereocenters. The van der Waals surface area contributed by atoms with Crippen LogP contribution in [0.25, 0.3) is 0 Å². The van der Waals surface area contributed by atoms with E-state index in [1.54, 1.807) is 17.1 Å². The minimum absolute atomic E-state index is 0.272. The number of hydrogen-bond acceptors (Lipinski definition) is 5. The zero-order valence-electron chi connectivity index (χ0n) is 13.3. The van der Waals surface area contributed by atoms with E-state index in [4.69, 9.17) is 9.47 Å². The first-order valence-electron chi connectivity index (χ1n) is 7.58. The lowest BCUT2D eigenvalue weighted by Gasteiger charge is -2.31. The summed E-state index contributed by atoms with van der Waals surface area (Å²) in [6.45, 7) is 7.60. The molecule has 0 aliphatic carbocycles. The van der Waals surface area contributed by atoms with Gasteiger partial charge in [-0.15, -0.1) is 0 Å². The zero-order chi connectivity index (χ0) is 15.5. The van der Waals surface area contributed by atoms with Crippen molar-refractivity contribution < 1.29 is 9.47 Å². The van der Waals surface area contributed by atoms with E-state index in [0.29, 0.717) is 0 Å². The van der Waals surface area contributed by atoms with Gasteiger partial charge in [-0.2, -0.15) is 5.10 Å². The van der Waals surface area contributed by atoms with E-state index in [1.807, 2.05) is 26.1 Å². The second kappa shape index (κ2) is 6.46. The second-order valence-electron chi connectivity index (χ2n) is 5.70. The quantitative estimate of drug-likeness (QED) is 0.866. The highest BCUT2D eigenvalue weighted by Gasteiger charge is 2.22. The van der Waals surface area contributed by atoms with E-state index in [0.717, 1.165) is 49.1 Å². The van der Waals surface area contributed by atoms with Crippen molar-refractivity contribution in [2.24, 2.45) is 7.05 Å². The van der Waals surface area contributed by atoms with Gasteiger partial charge >= 0.3 is 0 Å². The normalized spacial score (nSPS) is 19.3. The van der Waals surface area contributed by atoms with Crippen LogP contribution in [0.2, 0.25) is 0 Å². The highest BCUT2D eigenvalue weighted by atomic mass is 16.5. The minimum Gasteiger partial charge on any atom is -0.437 e. The molecule has 6 nitrogen and oxygen atoms in total. The monoisotopic (exact) mass is 302 g/mol. The highest BCUT2D eigenvalue weighted by molar-refractivity contribution is 5.34. The zero-order valence-corrected chi connectivity index (χ0v) is 13.3. The van der Waals surface area contributed by atoms with Crippen LogP contribution in [-0.4, -0.2) is 45.5 Å². The standard InChI is InChI=1S/C16H22N4O2/c1-12-10-20(7-8-21-12)11-15-13(2)18-19(3)16(15)22-14-5-4-6-17-9-14/h4-6,9,12H,7-8,10-11H2,1-3H3/t12-/m0/s1. The van der Waals surface area contributed by atoms with Gasteiger partial charge in [-0.1, -0.05) is 0 Å². The van der Waals surface area contributed by atoms with Crippen molar-refractivity contribution in [2.75, 3.05) is 19.7 Å². The molecule has 2 aromatic heterocycles. The molecule has 3 rings (SSSR count). The molecule has 0 N–H and O–H groups in total. The number of hydrogen-bond donors (Lipinski definition) is 0. The fourth-order valence-corrected chi connectivity index (χ4v) is 2.77. The number of morpholine rings is 1. The van der Waals surface area contributed by atoms with Crippen molar-refractivity contribution >= 4 is 0 Å². The Bertz CT molecular complexity index is 627. The van der Waals surface area contributed by atoms with Gasteiger partial charge in [-0.3, -0.25) is 9.88 Å². The molecule has 1 fully saturated rings. The Hall–Kier alpha value is -1.92. The molecule has 1 aliphatic heterocycles. The van der Waals surface area contributed by atoms with Gasteiger partial charge in [0.05, 0.1) is 30.2 Å². The summed E-state index contributed by atoms with van der Waals surface area (Å²) in [7, 11) is 1.91. The first-order chi connectivity index (χ1) is 10.6. The Morgan fingerprint density at radius 2 is 2.32 bits per heavy atom. The van der Waals surface area contributed by atoms with Crippen molar-refractivity contribution in [3.8, 4) is 11.6 Å². The molecule has 22 heavy (non-hydrogen) atoms. The predicted octanol–water partition coefficient (Wildman–Crippen LogP) is 2.14. The third-order valence-electron chi connectivity index (χ3n) is 3.84. The molecular formula is C16H22N4O2. The van der Waals surface area contributed by atoms with Crippen LogP contribution in [0.3, 0.4) is 0 Å². The Morgan fingerprint density at radius 1 is 1.45 bits per heavy atom. The van der Waals surface area contributed by atoms with Gasteiger partial charge in [0.2, 0.25) is 5.88 Å². The molecule has 0 aromatic carbocycles. The summed E-state index contributed by atoms with van der Waals surface area (Å²) in [6, 6.07) is 3.76. The minimum atomic E-state index is 0.272. The van der Waals surface area contributed by atoms with Gasteiger partial charge in [-0.05, 0) is 26.0 Å². The van der Waals surface area contributed by atoms with Gasteiger partial charge in [0.1, 0.15) is 5.75 Å². The van der Waals surface area contributed by atoms with E-state index in [9.17, 15) is 0 Å². The van der Waals surface area contributed by atoms with Crippen molar-refractivity contribution in [3.05, 3.63) is 35.8 Å². The molecule has 1 aliphatic rings. The number of rotatable bonds is 4. The molecule has 6 heteroatoms. The van der Waals surface area contributed by atoms with Crippen molar-refractivity contribution in [3.63, 3.8) is 0 Å². The fourth-order valence-electron chi connectivity index (χ4n) is 2.77.